The molecule has 3 aromatic rings. The van der Waals surface area contributed by atoms with Crippen LogP contribution in [0.2, 0.25) is 0 Å². The van der Waals surface area contributed by atoms with Crippen LogP contribution < -0.4 is 10.5 Å². The van der Waals surface area contributed by atoms with Crippen LogP contribution in [0, 0.1) is 0 Å². The van der Waals surface area contributed by atoms with Gasteiger partial charge in [-0.05, 0) is 62.7 Å². The zero-order chi connectivity index (χ0) is 20.1. The molecule has 1 aromatic heterocycles. The highest BCUT2D eigenvalue weighted by atomic mass is 16.5. The summed E-state index contributed by atoms with van der Waals surface area (Å²) in [6.07, 6.45) is 2.85. The van der Waals surface area contributed by atoms with E-state index in [4.69, 9.17) is 20.2 Å². The van der Waals surface area contributed by atoms with Gasteiger partial charge in [0.2, 0.25) is 0 Å². The number of hydrogen-bond donors (Lipinski definition) is 2. The Morgan fingerprint density at radius 1 is 1.17 bits per heavy atom. The van der Waals surface area contributed by atoms with Gasteiger partial charge in [-0.3, -0.25) is 0 Å². The Hall–Kier alpha value is -2.41. The van der Waals surface area contributed by atoms with Gasteiger partial charge >= 0.3 is 0 Å². The van der Waals surface area contributed by atoms with Crippen molar-refractivity contribution in [2.75, 3.05) is 33.3 Å². The largest absolute Gasteiger partial charge is 0.494 e. The molecular formula is C23H30N4O2. The molecule has 1 fully saturated rings. The molecule has 0 saturated carbocycles. The molecule has 0 spiro atoms. The summed E-state index contributed by atoms with van der Waals surface area (Å²) in [6.45, 7) is 3.35. The fourth-order valence-electron chi connectivity index (χ4n) is 3.75. The minimum atomic E-state index is -0.256. The molecule has 1 saturated heterocycles. The first-order valence-electron chi connectivity index (χ1n) is 10.4. The van der Waals surface area contributed by atoms with Crippen molar-refractivity contribution in [3.05, 3.63) is 59.9 Å². The number of rotatable bonds is 8. The third-order valence-electron chi connectivity index (χ3n) is 5.43. The molecule has 0 aliphatic carbocycles. The minimum Gasteiger partial charge on any atom is -0.494 e. The molecule has 1 atom stereocenters. The van der Waals surface area contributed by atoms with Gasteiger partial charge in [0.25, 0.3) is 0 Å². The van der Waals surface area contributed by atoms with Crippen molar-refractivity contribution in [3.8, 4) is 5.75 Å². The summed E-state index contributed by atoms with van der Waals surface area (Å²) in [5.41, 5.74) is 8.61. The molecule has 3 N–H and O–H groups in total. The number of nitrogens with one attached hydrogen (secondary N) is 1. The van der Waals surface area contributed by atoms with Gasteiger partial charge in [0.15, 0.2) is 0 Å². The Bertz CT molecular complexity index is 885. The number of aromatic nitrogens is 2. The van der Waals surface area contributed by atoms with Crippen molar-refractivity contribution < 1.29 is 9.47 Å². The number of nitrogens with two attached hydrogens (primary N) is 1. The highest BCUT2D eigenvalue weighted by Gasteiger charge is 2.26. The lowest BCUT2D eigenvalue weighted by Crippen LogP contribution is -2.35. The Labute approximate surface area is 172 Å². The highest BCUT2D eigenvalue weighted by Crippen LogP contribution is 2.31. The first-order chi connectivity index (χ1) is 14.2. The Morgan fingerprint density at radius 2 is 2.00 bits per heavy atom. The molecule has 4 rings (SSSR count). The number of fused-ring (bicyclic) bond motifs is 1. The highest BCUT2D eigenvalue weighted by molar-refractivity contribution is 5.74. The second-order valence-corrected chi connectivity index (χ2v) is 7.72. The molecular weight excluding hydrogens is 364 g/mol. The summed E-state index contributed by atoms with van der Waals surface area (Å²) in [6, 6.07) is 16.2. The van der Waals surface area contributed by atoms with Crippen LogP contribution in [0.5, 0.6) is 5.75 Å². The first-order valence-corrected chi connectivity index (χ1v) is 10.4. The van der Waals surface area contributed by atoms with E-state index in [1.54, 1.807) is 0 Å². The number of nitrogens with zero attached hydrogens (tertiary/aromatic N) is 2. The third kappa shape index (κ3) is 4.96. The number of para-hydroxylation sites is 2. The molecule has 1 unspecified atom stereocenters. The molecule has 29 heavy (non-hydrogen) atoms. The third-order valence-corrected chi connectivity index (χ3v) is 5.43. The van der Waals surface area contributed by atoms with Crippen molar-refractivity contribution in [1.29, 1.82) is 0 Å². The van der Waals surface area contributed by atoms with Crippen molar-refractivity contribution in [1.82, 2.24) is 14.9 Å². The van der Waals surface area contributed by atoms with Gasteiger partial charge in [-0.25, -0.2) is 4.98 Å². The second kappa shape index (κ2) is 9.39. The van der Waals surface area contributed by atoms with E-state index in [0.717, 1.165) is 60.5 Å². The molecule has 2 aromatic carbocycles. The predicted molar refractivity (Wildman–Crippen MR) is 115 cm³/mol. The minimum absolute atomic E-state index is 0.214. The quantitative estimate of drug-likeness (QED) is 0.572. The number of piperidine rings is 1. The number of H-pyrrole nitrogens is 1. The summed E-state index contributed by atoms with van der Waals surface area (Å²) in [5, 5.41) is 0. The predicted octanol–water partition coefficient (Wildman–Crippen LogP) is 3.49. The maximum atomic E-state index is 6.63. The molecule has 1 aliphatic rings. The van der Waals surface area contributed by atoms with E-state index in [9.17, 15) is 0 Å². The Kier molecular flexibility index (Phi) is 6.44. The van der Waals surface area contributed by atoms with Crippen LogP contribution in [0.3, 0.4) is 0 Å². The smallest absolute Gasteiger partial charge is 0.141 e. The van der Waals surface area contributed by atoms with Gasteiger partial charge in [-0.1, -0.05) is 24.3 Å². The van der Waals surface area contributed by atoms with Crippen LogP contribution in [0.4, 0.5) is 0 Å². The van der Waals surface area contributed by atoms with E-state index in [1.165, 1.54) is 0 Å². The lowest BCUT2D eigenvalue weighted by molar-refractivity contribution is -0.0264. The van der Waals surface area contributed by atoms with Gasteiger partial charge in [0.05, 0.1) is 23.7 Å². The van der Waals surface area contributed by atoms with E-state index in [1.807, 2.05) is 36.4 Å². The number of hydrogen-bond acceptors (Lipinski definition) is 5. The van der Waals surface area contributed by atoms with Gasteiger partial charge in [-0.2, -0.15) is 0 Å². The van der Waals surface area contributed by atoms with Crippen LogP contribution in [0.1, 0.15) is 36.8 Å². The molecule has 6 nitrogen and oxygen atoms in total. The number of likely N-dealkylation sites (tertiary alicyclic amines) is 1. The zero-order valence-corrected chi connectivity index (χ0v) is 17.0. The number of imidazole rings is 1. The summed E-state index contributed by atoms with van der Waals surface area (Å²) in [5.74, 6) is 1.67. The van der Waals surface area contributed by atoms with Crippen molar-refractivity contribution in [2.45, 2.75) is 31.5 Å². The molecule has 0 amide bonds. The molecule has 0 bridgehead atoms. The fourth-order valence-corrected chi connectivity index (χ4v) is 3.75. The van der Waals surface area contributed by atoms with E-state index in [2.05, 4.69) is 29.1 Å². The molecule has 2 heterocycles. The molecule has 6 heteroatoms. The molecule has 0 radical (unpaired) electrons. The lowest BCUT2D eigenvalue weighted by atomic mass is 10.1. The van der Waals surface area contributed by atoms with Crippen LogP contribution in [-0.2, 0) is 4.74 Å². The van der Waals surface area contributed by atoms with E-state index in [-0.39, 0.29) is 12.2 Å². The zero-order valence-electron chi connectivity index (χ0n) is 17.0. The summed E-state index contributed by atoms with van der Waals surface area (Å²) < 4.78 is 12.5. The standard InChI is InChI=1S/C23H30N4O2/c1-27-13-10-18(11-14-27)29-22(23-25-20-8-2-3-9-21(20)26-23)17-6-4-7-19(16-17)28-15-5-12-24/h2-4,6-9,16,18,22H,5,10-15,24H2,1H3,(H,25,26). The number of ether oxygens (including phenoxy) is 2. The van der Waals surface area contributed by atoms with Crippen LogP contribution >= 0.6 is 0 Å². The van der Waals surface area contributed by atoms with Crippen molar-refractivity contribution in [3.63, 3.8) is 0 Å². The average Bonchev–Trinajstić information content (AvgIpc) is 3.17. The normalized spacial score (nSPS) is 16.9. The van der Waals surface area contributed by atoms with Crippen molar-refractivity contribution >= 4 is 11.0 Å². The maximum Gasteiger partial charge on any atom is 0.141 e. The fraction of sp³-hybridized carbons (Fsp3) is 0.435. The van der Waals surface area contributed by atoms with E-state index >= 15 is 0 Å². The van der Waals surface area contributed by atoms with E-state index < -0.39 is 0 Å². The van der Waals surface area contributed by atoms with Crippen LogP contribution in [-0.4, -0.2) is 54.3 Å². The number of aromatic amines is 1. The van der Waals surface area contributed by atoms with Gasteiger partial charge in [0.1, 0.15) is 17.7 Å². The molecule has 154 valence electrons. The van der Waals surface area contributed by atoms with Gasteiger partial charge < -0.3 is 25.1 Å². The van der Waals surface area contributed by atoms with Crippen LogP contribution in [0.15, 0.2) is 48.5 Å². The average molecular weight is 395 g/mol. The summed E-state index contributed by atoms with van der Waals surface area (Å²) >= 11 is 0. The first kappa shape index (κ1) is 19.9. The van der Waals surface area contributed by atoms with Gasteiger partial charge in [0, 0.05) is 13.1 Å². The Balaban J connectivity index is 1.61. The summed E-state index contributed by atoms with van der Waals surface area (Å²) in [4.78, 5) is 10.6. The van der Waals surface area contributed by atoms with Crippen LogP contribution in [0.25, 0.3) is 11.0 Å². The van der Waals surface area contributed by atoms with Gasteiger partial charge in [-0.15, -0.1) is 0 Å². The lowest BCUT2D eigenvalue weighted by Gasteiger charge is -2.31. The van der Waals surface area contributed by atoms with E-state index in [0.29, 0.717) is 13.2 Å². The second-order valence-electron chi connectivity index (χ2n) is 7.72. The summed E-state index contributed by atoms with van der Waals surface area (Å²) in [7, 11) is 2.16. The SMILES string of the molecule is CN1CCC(OC(c2cccc(OCCCN)c2)c2nc3ccccc3[nH]2)CC1. The number of benzene rings is 2. The topological polar surface area (TPSA) is 76.4 Å². The monoisotopic (exact) mass is 394 g/mol. The van der Waals surface area contributed by atoms with Crippen molar-refractivity contribution in [2.24, 2.45) is 5.73 Å². The Morgan fingerprint density at radius 3 is 2.79 bits per heavy atom. The molecule has 1 aliphatic heterocycles. The maximum absolute atomic E-state index is 6.63.